The number of anilines is 1. The highest BCUT2D eigenvalue weighted by Crippen LogP contribution is 2.19. The van der Waals surface area contributed by atoms with Crippen LogP contribution in [0.1, 0.15) is 10.4 Å². The molecule has 5 heteroatoms. The Labute approximate surface area is 97.4 Å². The summed E-state index contributed by atoms with van der Waals surface area (Å²) >= 11 is 0. The molecule has 0 spiro atoms. The molecule has 0 aliphatic rings. The Kier molecular flexibility index (Phi) is 2.91. The van der Waals surface area contributed by atoms with Crippen molar-refractivity contribution < 1.29 is 15.0 Å². The van der Waals surface area contributed by atoms with Crippen LogP contribution in [0.5, 0.6) is 11.5 Å². The maximum atomic E-state index is 11.8. The Balaban J connectivity index is 2.20. The average Bonchev–Trinajstić information content (AvgIpc) is 2.29. The van der Waals surface area contributed by atoms with Crippen molar-refractivity contribution in [2.24, 2.45) is 0 Å². The number of aromatic nitrogens is 1. The van der Waals surface area contributed by atoms with E-state index in [1.807, 2.05) is 0 Å². The van der Waals surface area contributed by atoms with Gasteiger partial charge < -0.3 is 15.5 Å². The van der Waals surface area contributed by atoms with Crippen LogP contribution in [0.2, 0.25) is 0 Å². The van der Waals surface area contributed by atoms with Gasteiger partial charge in [0.2, 0.25) is 0 Å². The summed E-state index contributed by atoms with van der Waals surface area (Å²) in [5.74, 6) is -0.595. The summed E-state index contributed by atoms with van der Waals surface area (Å²) in [5.41, 5.74) is 0.578. The number of amides is 1. The number of carbonyl (C=O) groups is 1. The van der Waals surface area contributed by atoms with Crippen LogP contribution in [-0.4, -0.2) is 21.1 Å². The molecule has 1 heterocycles. The SMILES string of the molecule is O=C(Nc1cccc(O)c1)c1ccncc1O. The molecule has 3 N–H and O–H groups in total. The molecule has 1 amide bonds. The van der Waals surface area contributed by atoms with Crippen LogP contribution >= 0.6 is 0 Å². The smallest absolute Gasteiger partial charge is 0.259 e. The van der Waals surface area contributed by atoms with Crippen LogP contribution in [-0.2, 0) is 0 Å². The Bertz CT molecular complexity index is 555. The second-order valence-corrected chi connectivity index (χ2v) is 3.40. The topological polar surface area (TPSA) is 82.5 Å². The van der Waals surface area contributed by atoms with Gasteiger partial charge in [-0.25, -0.2) is 0 Å². The third-order valence-corrected chi connectivity index (χ3v) is 2.15. The van der Waals surface area contributed by atoms with E-state index in [4.69, 9.17) is 0 Å². The molecule has 0 saturated carbocycles. The Morgan fingerprint density at radius 1 is 1.24 bits per heavy atom. The molecular weight excluding hydrogens is 220 g/mol. The highest BCUT2D eigenvalue weighted by Gasteiger charge is 2.10. The Morgan fingerprint density at radius 2 is 2.06 bits per heavy atom. The van der Waals surface area contributed by atoms with E-state index in [0.29, 0.717) is 5.69 Å². The quantitative estimate of drug-likeness (QED) is 0.733. The number of carbonyl (C=O) groups excluding carboxylic acids is 1. The molecule has 0 aliphatic heterocycles. The summed E-state index contributed by atoms with van der Waals surface area (Å²) in [4.78, 5) is 15.4. The summed E-state index contributed by atoms with van der Waals surface area (Å²) in [6, 6.07) is 7.57. The number of phenols is 1. The van der Waals surface area contributed by atoms with Crippen LogP contribution in [0, 0.1) is 0 Å². The minimum absolute atomic E-state index is 0.0572. The second-order valence-electron chi connectivity index (χ2n) is 3.40. The first-order valence-corrected chi connectivity index (χ1v) is 4.90. The predicted molar refractivity (Wildman–Crippen MR) is 62.0 cm³/mol. The van der Waals surface area contributed by atoms with Crippen LogP contribution in [0.25, 0.3) is 0 Å². The van der Waals surface area contributed by atoms with Gasteiger partial charge in [0.25, 0.3) is 5.91 Å². The lowest BCUT2D eigenvalue weighted by atomic mass is 10.2. The maximum absolute atomic E-state index is 11.8. The van der Waals surface area contributed by atoms with Gasteiger partial charge in [-0.2, -0.15) is 0 Å². The first-order valence-electron chi connectivity index (χ1n) is 4.90. The van der Waals surface area contributed by atoms with Gasteiger partial charge in [0.05, 0.1) is 11.8 Å². The Hall–Kier alpha value is -2.56. The zero-order chi connectivity index (χ0) is 12.3. The molecule has 0 aliphatic carbocycles. The van der Waals surface area contributed by atoms with E-state index >= 15 is 0 Å². The summed E-state index contributed by atoms with van der Waals surface area (Å²) in [7, 11) is 0. The minimum atomic E-state index is -0.462. The van der Waals surface area contributed by atoms with E-state index in [2.05, 4.69) is 10.3 Å². The molecule has 0 saturated heterocycles. The molecule has 1 aromatic carbocycles. The predicted octanol–water partition coefficient (Wildman–Crippen LogP) is 1.75. The fraction of sp³-hybridized carbons (Fsp3) is 0. The van der Waals surface area contributed by atoms with E-state index in [1.54, 1.807) is 12.1 Å². The number of nitrogens with zero attached hydrogens (tertiary/aromatic N) is 1. The van der Waals surface area contributed by atoms with Crippen molar-refractivity contribution in [3.63, 3.8) is 0 Å². The fourth-order valence-corrected chi connectivity index (χ4v) is 1.36. The molecule has 1 aromatic heterocycles. The van der Waals surface area contributed by atoms with Crippen molar-refractivity contribution in [2.45, 2.75) is 0 Å². The van der Waals surface area contributed by atoms with E-state index in [-0.39, 0.29) is 17.1 Å². The number of phenolic OH excluding ortho intramolecular Hbond substituents is 1. The fourth-order valence-electron chi connectivity index (χ4n) is 1.36. The summed E-state index contributed by atoms with van der Waals surface area (Å²) in [6.45, 7) is 0. The maximum Gasteiger partial charge on any atom is 0.259 e. The van der Waals surface area contributed by atoms with Gasteiger partial charge in [-0.1, -0.05) is 6.07 Å². The third kappa shape index (κ3) is 2.52. The molecule has 86 valence electrons. The summed E-state index contributed by atoms with van der Waals surface area (Å²) in [6.07, 6.45) is 2.61. The summed E-state index contributed by atoms with van der Waals surface area (Å²) in [5, 5.41) is 21.2. The average molecular weight is 230 g/mol. The summed E-state index contributed by atoms with van der Waals surface area (Å²) < 4.78 is 0. The number of benzene rings is 1. The molecule has 2 rings (SSSR count). The lowest BCUT2D eigenvalue weighted by Crippen LogP contribution is -2.11. The lowest BCUT2D eigenvalue weighted by Gasteiger charge is -2.06. The van der Waals surface area contributed by atoms with Gasteiger partial charge in [-0.05, 0) is 18.2 Å². The van der Waals surface area contributed by atoms with Gasteiger partial charge in [0.1, 0.15) is 11.5 Å². The van der Waals surface area contributed by atoms with Gasteiger partial charge in [0.15, 0.2) is 0 Å². The highest BCUT2D eigenvalue weighted by atomic mass is 16.3. The van der Waals surface area contributed by atoms with Gasteiger partial charge >= 0.3 is 0 Å². The molecule has 17 heavy (non-hydrogen) atoms. The standard InChI is InChI=1S/C12H10N2O3/c15-9-3-1-2-8(6-9)14-12(17)10-4-5-13-7-11(10)16/h1-7,15-16H,(H,14,17). The van der Waals surface area contributed by atoms with Gasteiger partial charge in [-0.3, -0.25) is 9.78 Å². The number of aromatic hydroxyl groups is 2. The second kappa shape index (κ2) is 4.52. The van der Waals surface area contributed by atoms with E-state index in [1.165, 1.54) is 30.6 Å². The lowest BCUT2D eigenvalue weighted by molar-refractivity contribution is 0.102. The molecule has 5 nitrogen and oxygen atoms in total. The van der Waals surface area contributed by atoms with Crippen LogP contribution in [0.3, 0.4) is 0 Å². The molecule has 0 fully saturated rings. The van der Waals surface area contributed by atoms with Gasteiger partial charge in [0, 0.05) is 18.0 Å². The molecule has 0 atom stereocenters. The van der Waals surface area contributed by atoms with Crippen molar-refractivity contribution in [3.05, 3.63) is 48.3 Å². The molecule has 0 radical (unpaired) electrons. The normalized spacial score (nSPS) is 9.88. The monoisotopic (exact) mass is 230 g/mol. The number of rotatable bonds is 2. The first kappa shape index (κ1) is 10.9. The minimum Gasteiger partial charge on any atom is -0.508 e. The van der Waals surface area contributed by atoms with Crippen molar-refractivity contribution in [1.29, 1.82) is 0 Å². The van der Waals surface area contributed by atoms with E-state index in [0.717, 1.165) is 0 Å². The Morgan fingerprint density at radius 3 is 2.76 bits per heavy atom. The van der Waals surface area contributed by atoms with Crippen molar-refractivity contribution >= 4 is 11.6 Å². The molecule has 0 bridgehead atoms. The van der Waals surface area contributed by atoms with E-state index in [9.17, 15) is 15.0 Å². The van der Waals surface area contributed by atoms with Crippen molar-refractivity contribution in [1.82, 2.24) is 4.98 Å². The van der Waals surface area contributed by atoms with Crippen LogP contribution in [0.15, 0.2) is 42.7 Å². The zero-order valence-electron chi connectivity index (χ0n) is 8.79. The molecule has 0 unspecified atom stereocenters. The molecular formula is C12H10N2O3. The van der Waals surface area contributed by atoms with Crippen molar-refractivity contribution in [3.8, 4) is 11.5 Å². The zero-order valence-corrected chi connectivity index (χ0v) is 8.79. The highest BCUT2D eigenvalue weighted by molar-refractivity contribution is 6.06. The number of hydrogen-bond acceptors (Lipinski definition) is 4. The number of hydrogen-bond donors (Lipinski definition) is 3. The third-order valence-electron chi connectivity index (χ3n) is 2.15. The molecule has 2 aromatic rings. The van der Waals surface area contributed by atoms with E-state index < -0.39 is 5.91 Å². The first-order chi connectivity index (χ1) is 8.16. The number of nitrogens with one attached hydrogen (secondary N) is 1. The largest absolute Gasteiger partial charge is 0.508 e. The van der Waals surface area contributed by atoms with Gasteiger partial charge in [-0.15, -0.1) is 0 Å². The van der Waals surface area contributed by atoms with Crippen molar-refractivity contribution in [2.75, 3.05) is 5.32 Å². The van der Waals surface area contributed by atoms with Crippen LogP contribution < -0.4 is 5.32 Å². The van der Waals surface area contributed by atoms with Crippen LogP contribution in [0.4, 0.5) is 5.69 Å². The number of pyridine rings is 1.